The Hall–Kier alpha value is -3.27. The lowest BCUT2D eigenvalue weighted by Gasteiger charge is -2.14. The number of nitrogens with two attached hydrogens (primary N) is 1. The summed E-state index contributed by atoms with van der Waals surface area (Å²) in [5.74, 6) is 0.372. The van der Waals surface area contributed by atoms with Crippen LogP contribution in [0, 0.1) is 0 Å². The van der Waals surface area contributed by atoms with Crippen molar-refractivity contribution in [2.24, 2.45) is 10.7 Å². The number of rotatable bonds is 8. The second-order valence-electron chi connectivity index (χ2n) is 5.60. The molecule has 0 bridgehead atoms. The Bertz CT molecular complexity index is 845. The highest BCUT2D eigenvalue weighted by Crippen LogP contribution is 2.20. The number of hydrogen-bond acceptors (Lipinski definition) is 8. The molecule has 2 rings (SSSR count). The van der Waals surface area contributed by atoms with E-state index in [2.05, 4.69) is 25.5 Å². The first-order valence-electron chi connectivity index (χ1n) is 8.14. The average molecular weight is 373 g/mol. The van der Waals surface area contributed by atoms with Crippen LogP contribution < -0.4 is 11.1 Å². The summed E-state index contributed by atoms with van der Waals surface area (Å²) in [5.41, 5.74) is 6.36. The van der Waals surface area contributed by atoms with Crippen molar-refractivity contribution in [3.63, 3.8) is 0 Å². The van der Waals surface area contributed by atoms with Gasteiger partial charge in [-0.05, 0) is 19.1 Å². The normalized spacial score (nSPS) is 13.3. The van der Waals surface area contributed by atoms with Crippen LogP contribution in [0.15, 0.2) is 41.0 Å². The van der Waals surface area contributed by atoms with Gasteiger partial charge in [-0.2, -0.15) is 0 Å². The summed E-state index contributed by atoms with van der Waals surface area (Å²) in [6.07, 6.45) is 2.94. The van der Waals surface area contributed by atoms with Gasteiger partial charge in [0.1, 0.15) is 23.4 Å². The third-order valence-corrected chi connectivity index (χ3v) is 3.66. The summed E-state index contributed by atoms with van der Waals surface area (Å²) in [6, 6.07) is 5.22. The van der Waals surface area contributed by atoms with E-state index < -0.39 is 5.91 Å². The van der Waals surface area contributed by atoms with Gasteiger partial charge in [-0.3, -0.25) is 9.79 Å². The molecule has 2 aromatic rings. The lowest BCUT2D eigenvalue weighted by molar-refractivity contribution is -0.112. The molecule has 0 unspecified atom stereocenters. The van der Waals surface area contributed by atoms with E-state index in [0.717, 1.165) is 0 Å². The summed E-state index contributed by atoms with van der Waals surface area (Å²) in [5, 5.41) is 10.8. The number of ether oxygens (including phenoxy) is 2. The van der Waals surface area contributed by atoms with Crippen molar-refractivity contribution in [1.82, 2.24) is 19.7 Å². The molecule has 0 radical (unpaired) electrons. The molecule has 27 heavy (non-hydrogen) atoms. The third-order valence-electron chi connectivity index (χ3n) is 3.66. The number of methoxy groups -OCH3 is 2. The van der Waals surface area contributed by atoms with Gasteiger partial charge in [0.2, 0.25) is 0 Å². The van der Waals surface area contributed by atoms with Crippen molar-refractivity contribution in [3.05, 3.63) is 36.0 Å². The Labute approximate surface area is 157 Å². The molecule has 3 N–H and O–H groups in total. The van der Waals surface area contributed by atoms with Crippen molar-refractivity contribution >= 4 is 17.9 Å². The zero-order valence-corrected chi connectivity index (χ0v) is 15.7. The zero-order valence-electron chi connectivity index (χ0n) is 15.7. The first-order chi connectivity index (χ1) is 13.0. The van der Waals surface area contributed by atoms with Gasteiger partial charge in [0.15, 0.2) is 11.7 Å². The predicted octanol–water partition coefficient (Wildman–Crippen LogP) is 1.00. The Morgan fingerprint density at radius 2 is 2.22 bits per heavy atom. The second kappa shape index (κ2) is 9.43. The zero-order chi connectivity index (χ0) is 19.8. The Morgan fingerprint density at radius 3 is 2.89 bits per heavy atom. The van der Waals surface area contributed by atoms with E-state index in [1.165, 1.54) is 20.4 Å². The minimum atomic E-state index is -0.487. The third kappa shape index (κ3) is 4.88. The molecule has 0 aliphatic rings. The van der Waals surface area contributed by atoms with Crippen molar-refractivity contribution in [2.45, 2.75) is 13.0 Å². The second-order valence-corrected chi connectivity index (χ2v) is 5.60. The summed E-state index contributed by atoms with van der Waals surface area (Å²) in [6.45, 7) is 2.49. The first kappa shape index (κ1) is 20.0. The predicted molar refractivity (Wildman–Crippen MR) is 101 cm³/mol. The van der Waals surface area contributed by atoms with Gasteiger partial charge < -0.3 is 25.1 Å². The first-order valence-corrected chi connectivity index (χ1v) is 8.14. The molecular formula is C17H23N7O3. The van der Waals surface area contributed by atoms with E-state index in [1.54, 1.807) is 31.6 Å². The van der Waals surface area contributed by atoms with Crippen LogP contribution in [0.25, 0.3) is 11.5 Å². The summed E-state index contributed by atoms with van der Waals surface area (Å²) in [7, 11) is 4.54. The Kier molecular flexibility index (Phi) is 7.00. The molecule has 0 aliphatic carbocycles. The molecule has 10 nitrogen and oxygen atoms in total. The number of nitrogens with zero attached hydrogens (tertiary/aromatic N) is 5. The van der Waals surface area contributed by atoms with Gasteiger partial charge in [0, 0.05) is 20.4 Å². The van der Waals surface area contributed by atoms with Gasteiger partial charge in [-0.1, -0.05) is 6.07 Å². The Balaban J connectivity index is 2.29. The Morgan fingerprint density at radius 1 is 1.44 bits per heavy atom. The van der Waals surface area contributed by atoms with E-state index >= 15 is 0 Å². The summed E-state index contributed by atoms with van der Waals surface area (Å²) in [4.78, 5) is 20.7. The van der Waals surface area contributed by atoms with Gasteiger partial charge >= 0.3 is 0 Å². The summed E-state index contributed by atoms with van der Waals surface area (Å²) >= 11 is 0. The standard InChI is InChI=1S/C17H23N7O3/c1-11(9-26-3)24-10-20-23-16(24)13-6-5-7-14(21-13)22-17(25)12(8-19-2)15(18)27-4/h5-8,10-11H,9,18H2,1-4H3,(H,21,22,25)/b15-12-,19-8?/t11-/m1/s1. The maximum absolute atomic E-state index is 12.5. The SMILES string of the molecule is CN=C/C(C(=O)Nc1cccc(-c2nncn2[C@H](C)COC)n1)=C(\N)OC. The van der Waals surface area contributed by atoms with Crippen LogP contribution in [-0.2, 0) is 14.3 Å². The largest absolute Gasteiger partial charge is 0.482 e. The highest BCUT2D eigenvalue weighted by Gasteiger charge is 2.16. The van der Waals surface area contributed by atoms with Gasteiger partial charge in [0.25, 0.3) is 5.91 Å². The molecule has 0 fully saturated rings. The molecule has 0 aromatic carbocycles. The van der Waals surface area contributed by atoms with Crippen LogP contribution >= 0.6 is 0 Å². The van der Waals surface area contributed by atoms with Crippen LogP contribution in [0.3, 0.4) is 0 Å². The summed E-state index contributed by atoms with van der Waals surface area (Å²) < 4.78 is 12.0. The number of hydrogen-bond donors (Lipinski definition) is 2. The molecule has 0 aliphatic heterocycles. The van der Waals surface area contributed by atoms with Crippen molar-refractivity contribution in [2.75, 3.05) is 33.2 Å². The fourth-order valence-corrected chi connectivity index (χ4v) is 2.36. The van der Waals surface area contributed by atoms with Crippen LogP contribution in [0.2, 0.25) is 0 Å². The number of carbonyl (C=O) groups excluding carboxylic acids is 1. The van der Waals surface area contributed by atoms with Crippen molar-refractivity contribution < 1.29 is 14.3 Å². The number of carbonyl (C=O) groups is 1. The molecule has 2 aromatic heterocycles. The van der Waals surface area contributed by atoms with Crippen LogP contribution in [0.4, 0.5) is 5.82 Å². The van der Waals surface area contributed by atoms with Crippen LogP contribution in [0.1, 0.15) is 13.0 Å². The maximum Gasteiger partial charge on any atom is 0.263 e. The van der Waals surface area contributed by atoms with Crippen molar-refractivity contribution in [1.29, 1.82) is 0 Å². The monoisotopic (exact) mass is 373 g/mol. The average Bonchev–Trinajstić information content (AvgIpc) is 3.16. The van der Waals surface area contributed by atoms with E-state index in [9.17, 15) is 4.79 Å². The molecule has 0 saturated carbocycles. The number of aliphatic imine (C=N–C) groups is 1. The molecule has 1 atom stereocenters. The van der Waals surface area contributed by atoms with Crippen molar-refractivity contribution in [3.8, 4) is 11.5 Å². The van der Waals surface area contributed by atoms with Gasteiger partial charge in [0.05, 0.1) is 19.8 Å². The lowest BCUT2D eigenvalue weighted by Crippen LogP contribution is -2.21. The smallest absolute Gasteiger partial charge is 0.263 e. The van der Waals surface area contributed by atoms with Gasteiger partial charge in [-0.15, -0.1) is 10.2 Å². The van der Waals surface area contributed by atoms with Gasteiger partial charge in [-0.25, -0.2) is 4.98 Å². The van der Waals surface area contributed by atoms with E-state index in [0.29, 0.717) is 23.9 Å². The number of pyridine rings is 1. The van der Waals surface area contributed by atoms with Crippen LogP contribution in [-0.4, -0.2) is 59.7 Å². The molecule has 2 heterocycles. The lowest BCUT2D eigenvalue weighted by atomic mass is 10.2. The number of aromatic nitrogens is 4. The fraction of sp³-hybridized carbons (Fsp3) is 0.353. The molecule has 10 heteroatoms. The molecule has 0 saturated heterocycles. The van der Waals surface area contributed by atoms with E-state index in [4.69, 9.17) is 15.2 Å². The molecular weight excluding hydrogens is 350 g/mol. The maximum atomic E-state index is 12.5. The highest BCUT2D eigenvalue weighted by molar-refractivity contribution is 6.17. The topological polar surface area (TPSA) is 130 Å². The quantitative estimate of drug-likeness (QED) is 0.401. The minimum absolute atomic E-state index is 0.0249. The fourth-order valence-electron chi connectivity index (χ4n) is 2.36. The minimum Gasteiger partial charge on any atom is -0.482 e. The number of anilines is 1. The van der Waals surface area contributed by atoms with E-state index in [1.807, 2.05) is 11.5 Å². The molecule has 1 amide bonds. The molecule has 0 spiro atoms. The highest BCUT2D eigenvalue weighted by atomic mass is 16.5. The molecule has 144 valence electrons. The van der Waals surface area contributed by atoms with Crippen LogP contribution in [0.5, 0.6) is 0 Å². The number of amides is 1. The number of nitrogens with one attached hydrogen (secondary N) is 1. The van der Waals surface area contributed by atoms with E-state index in [-0.39, 0.29) is 17.5 Å².